The predicted molar refractivity (Wildman–Crippen MR) is 73.1 cm³/mol. The highest BCUT2D eigenvalue weighted by Crippen LogP contribution is 2.26. The summed E-state index contributed by atoms with van der Waals surface area (Å²) in [6.07, 6.45) is 0.883. The second kappa shape index (κ2) is 5.25. The molecule has 1 aliphatic heterocycles. The van der Waals surface area contributed by atoms with Crippen molar-refractivity contribution in [2.24, 2.45) is 11.8 Å². The zero-order valence-corrected chi connectivity index (χ0v) is 12.1. The molecule has 2 unspecified atom stereocenters. The second-order valence-electron chi connectivity index (χ2n) is 4.88. The number of aryl methyl sites for hydroxylation is 1. The lowest BCUT2D eigenvalue weighted by Gasteiger charge is -2.12. The van der Waals surface area contributed by atoms with Gasteiger partial charge in [0.1, 0.15) is 0 Å². The van der Waals surface area contributed by atoms with Gasteiger partial charge in [0.05, 0.1) is 11.4 Å². The van der Waals surface area contributed by atoms with Crippen LogP contribution in [0.25, 0.3) is 0 Å². The van der Waals surface area contributed by atoms with E-state index in [-0.39, 0.29) is 36.0 Å². The molecule has 4 nitrogen and oxygen atoms in total. The smallest absolute Gasteiger partial charge is 0.233 e. The predicted octanol–water partition coefficient (Wildman–Crippen LogP) is 2.13. The summed E-state index contributed by atoms with van der Waals surface area (Å²) in [5.74, 6) is -1.28. The summed E-state index contributed by atoms with van der Waals surface area (Å²) >= 11 is 1.43. The van der Waals surface area contributed by atoms with Crippen molar-refractivity contribution < 1.29 is 14.4 Å². The normalized spacial score (nSPS) is 23.2. The van der Waals surface area contributed by atoms with Crippen molar-refractivity contribution in [3.63, 3.8) is 0 Å². The SMILES string of the molecule is CCc1ccc(C(=O)CN2C(=O)C(C)C(C)C2=O)s1. The van der Waals surface area contributed by atoms with E-state index in [2.05, 4.69) is 0 Å². The molecule has 19 heavy (non-hydrogen) atoms. The van der Waals surface area contributed by atoms with E-state index in [1.165, 1.54) is 11.3 Å². The van der Waals surface area contributed by atoms with Crippen molar-refractivity contribution in [1.82, 2.24) is 4.90 Å². The minimum Gasteiger partial charge on any atom is -0.291 e. The fraction of sp³-hybridized carbons (Fsp3) is 0.500. The third kappa shape index (κ3) is 2.47. The molecule has 0 N–H and O–H groups in total. The molecule has 1 fully saturated rings. The molecule has 1 aromatic rings. The summed E-state index contributed by atoms with van der Waals surface area (Å²) < 4.78 is 0. The summed E-state index contributed by atoms with van der Waals surface area (Å²) in [5, 5.41) is 0. The van der Waals surface area contributed by atoms with Crippen LogP contribution in [-0.2, 0) is 16.0 Å². The number of Topliss-reactive ketones (excluding diaryl/α,β-unsaturated/α-hetero) is 1. The van der Waals surface area contributed by atoms with E-state index < -0.39 is 0 Å². The number of hydrogen-bond donors (Lipinski definition) is 0. The summed E-state index contributed by atoms with van der Waals surface area (Å²) in [4.78, 5) is 38.8. The van der Waals surface area contributed by atoms with Gasteiger partial charge in [-0.15, -0.1) is 11.3 Å². The van der Waals surface area contributed by atoms with E-state index in [0.29, 0.717) is 4.88 Å². The topological polar surface area (TPSA) is 54.5 Å². The molecule has 0 saturated carbocycles. The maximum Gasteiger partial charge on any atom is 0.233 e. The quantitative estimate of drug-likeness (QED) is 0.626. The van der Waals surface area contributed by atoms with Crippen molar-refractivity contribution in [2.45, 2.75) is 27.2 Å². The number of likely N-dealkylation sites (tertiary alicyclic amines) is 1. The first-order valence-corrected chi connectivity index (χ1v) is 7.24. The third-order valence-electron chi connectivity index (χ3n) is 3.65. The highest BCUT2D eigenvalue weighted by atomic mass is 32.1. The van der Waals surface area contributed by atoms with E-state index in [4.69, 9.17) is 0 Å². The van der Waals surface area contributed by atoms with Gasteiger partial charge in [-0.25, -0.2) is 0 Å². The molecule has 2 atom stereocenters. The first-order chi connectivity index (χ1) is 8.95. The average molecular weight is 279 g/mol. The number of thiophene rings is 1. The van der Waals surface area contributed by atoms with Crippen LogP contribution in [0, 0.1) is 11.8 Å². The lowest BCUT2D eigenvalue weighted by Crippen LogP contribution is -2.35. The Morgan fingerprint density at radius 3 is 2.26 bits per heavy atom. The molecular weight excluding hydrogens is 262 g/mol. The van der Waals surface area contributed by atoms with Crippen LogP contribution in [0.3, 0.4) is 0 Å². The zero-order valence-electron chi connectivity index (χ0n) is 11.3. The van der Waals surface area contributed by atoms with Gasteiger partial charge in [0.2, 0.25) is 11.8 Å². The van der Waals surface area contributed by atoms with Gasteiger partial charge in [0, 0.05) is 16.7 Å². The Morgan fingerprint density at radius 2 is 1.79 bits per heavy atom. The number of amides is 2. The standard InChI is InChI=1S/C14H17NO3S/c1-4-10-5-6-12(19-10)11(16)7-15-13(17)8(2)9(3)14(15)18/h5-6,8-9H,4,7H2,1-3H3. The minimum absolute atomic E-state index is 0.129. The molecule has 2 amide bonds. The molecule has 0 aromatic carbocycles. The Labute approximate surface area is 116 Å². The first-order valence-electron chi connectivity index (χ1n) is 6.42. The Morgan fingerprint density at radius 1 is 1.21 bits per heavy atom. The van der Waals surface area contributed by atoms with Crippen molar-refractivity contribution in [3.8, 4) is 0 Å². The molecular formula is C14H17NO3S. The second-order valence-corrected chi connectivity index (χ2v) is 6.05. The van der Waals surface area contributed by atoms with Crippen molar-refractivity contribution in [2.75, 3.05) is 6.54 Å². The summed E-state index contributed by atoms with van der Waals surface area (Å²) in [5.41, 5.74) is 0. The molecule has 5 heteroatoms. The lowest BCUT2D eigenvalue weighted by molar-refractivity contribution is -0.139. The maximum absolute atomic E-state index is 12.1. The van der Waals surface area contributed by atoms with Gasteiger partial charge in [0.25, 0.3) is 0 Å². The van der Waals surface area contributed by atoms with E-state index in [1.54, 1.807) is 19.9 Å². The van der Waals surface area contributed by atoms with Crippen LogP contribution in [-0.4, -0.2) is 29.0 Å². The molecule has 2 heterocycles. The summed E-state index contributed by atoms with van der Waals surface area (Å²) in [6.45, 7) is 5.36. The molecule has 0 bridgehead atoms. The van der Waals surface area contributed by atoms with Crippen LogP contribution < -0.4 is 0 Å². The Balaban J connectivity index is 2.11. The molecule has 1 aromatic heterocycles. The Kier molecular flexibility index (Phi) is 3.85. The fourth-order valence-electron chi connectivity index (χ4n) is 2.12. The minimum atomic E-state index is -0.324. The first kappa shape index (κ1) is 13.9. The molecule has 0 aliphatic carbocycles. The number of hydrogen-bond acceptors (Lipinski definition) is 4. The van der Waals surface area contributed by atoms with Gasteiger partial charge in [-0.2, -0.15) is 0 Å². The number of rotatable bonds is 4. The summed E-state index contributed by atoms with van der Waals surface area (Å²) in [7, 11) is 0. The number of carbonyl (C=O) groups excluding carboxylic acids is 3. The highest BCUT2D eigenvalue weighted by molar-refractivity contribution is 7.14. The van der Waals surface area contributed by atoms with Gasteiger partial charge in [-0.3, -0.25) is 19.3 Å². The van der Waals surface area contributed by atoms with Gasteiger partial charge >= 0.3 is 0 Å². The van der Waals surface area contributed by atoms with Crippen LogP contribution >= 0.6 is 11.3 Å². The van der Waals surface area contributed by atoms with Gasteiger partial charge < -0.3 is 0 Å². The Bertz CT molecular complexity index is 515. The van der Waals surface area contributed by atoms with Crippen LogP contribution in [0.5, 0.6) is 0 Å². The monoisotopic (exact) mass is 279 g/mol. The number of imide groups is 1. The lowest BCUT2D eigenvalue weighted by atomic mass is 10.00. The summed E-state index contributed by atoms with van der Waals surface area (Å²) in [6, 6.07) is 3.68. The molecule has 102 valence electrons. The molecule has 0 radical (unpaired) electrons. The third-order valence-corrected chi connectivity index (χ3v) is 4.92. The maximum atomic E-state index is 12.1. The molecule has 1 saturated heterocycles. The van der Waals surface area contributed by atoms with Gasteiger partial charge in [0.15, 0.2) is 5.78 Å². The van der Waals surface area contributed by atoms with Gasteiger partial charge in [-0.1, -0.05) is 20.8 Å². The van der Waals surface area contributed by atoms with Crippen LogP contribution in [0.4, 0.5) is 0 Å². The van der Waals surface area contributed by atoms with Crippen LogP contribution in [0.2, 0.25) is 0 Å². The Hall–Kier alpha value is -1.49. The average Bonchev–Trinajstić information content (AvgIpc) is 2.95. The van der Waals surface area contributed by atoms with Crippen molar-refractivity contribution in [3.05, 3.63) is 21.9 Å². The highest BCUT2D eigenvalue weighted by Gasteiger charge is 2.42. The number of nitrogens with zero attached hydrogens (tertiary/aromatic N) is 1. The van der Waals surface area contributed by atoms with Crippen molar-refractivity contribution in [1.29, 1.82) is 0 Å². The van der Waals surface area contributed by atoms with Crippen molar-refractivity contribution >= 4 is 28.9 Å². The van der Waals surface area contributed by atoms with Crippen LogP contribution in [0.1, 0.15) is 35.3 Å². The van der Waals surface area contributed by atoms with E-state index in [0.717, 1.165) is 16.2 Å². The largest absolute Gasteiger partial charge is 0.291 e. The number of carbonyl (C=O) groups is 3. The van der Waals surface area contributed by atoms with E-state index in [1.807, 2.05) is 13.0 Å². The van der Waals surface area contributed by atoms with E-state index >= 15 is 0 Å². The zero-order chi connectivity index (χ0) is 14.2. The molecule has 2 rings (SSSR count). The molecule has 0 spiro atoms. The molecule has 1 aliphatic rings. The van der Waals surface area contributed by atoms with E-state index in [9.17, 15) is 14.4 Å². The van der Waals surface area contributed by atoms with Gasteiger partial charge in [-0.05, 0) is 18.6 Å². The fourth-order valence-corrected chi connectivity index (χ4v) is 3.00. The number of ketones is 1. The van der Waals surface area contributed by atoms with Crippen LogP contribution in [0.15, 0.2) is 12.1 Å².